The molecule has 0 spiro atoms. The number of nitrogens with zero attached hydrogens (tertiary/aromatic N) is 1. The first-order valence-electron chi connectivity index (χ1n) is 10.2. The number of methoxy groups -OCH3 is 1. The highest BCUT2D eigenvalue weighted by Crippen LogP contribution is 2.31. The quantitative estimate of drug-likeness (QED) is 0.466. The lowest BCUT2D eigenvalue weighted by Crippen LogP contribution is -2.37. The van der Waals surface area contributed by atoms with E-state index in [2.05, 4.69) is 10.0 Å². The van der Waals surface area contributed by atoms with Crippen LogP contribution >= 0.6 is 0 Å². The van der Waals surface area contributed by atoms with Crippen molar-refractivity contribution in [3.8, 4) is 5.75 Å². The lowest BCUT2D eigenvalue weighted by Gasteiger charge is -2.30. The number of carbonyl (C=O) groups excluding carboxylic acids is 1. The number of carbonyl (C=O) groups is 1. The normalized spacial score (nSPS) is 14.6. The number of sulfonamides is 1. The standard InChI is InChI=1S/C23H27N3O5S/c1-3-4-5-6-23(27)24-19-9-12-21(26-13-15-31-16-14-26)22(17-19)32(28,29)25-18-7-10-20(30-2)11-8-18/h3-12,17,25H,13-16H2,1-2H3,(H,24,27)/b4-3+,6-5+. The van der Waals surface area contributed by atoms with Crippen LogP contribution in [0.5, 0.6) is 5.75 Å². The van der Waals surface area contributed by atoms with Gasteiger partial charge in [0.25, 0.3) is 10.0 Å². The van der Waals surface area contributed by atoms with Gasteiger partial charge in [0.1, 0.15) is 10.6 Å². The maximum absolute atomic E-state index is 13.3. The Morgan fingerprint density at radius 3 is 2.41 bits per heavy atom. The molecular formula is C23H27N3O5S. The average Bonchev–Trinajstić information content (AvgIpc) is 2.80. The van der Waals surface area contributed by atoms with Gasteiger partial charge in [0, 0.05) is 30.5 Å². The van der Waals surface area contributed by atoms with Gasteiger partial charge < -0.3 is 19.7 Å². The van der Waals surface area contributed by atoms with E-state index in [1.807, 2.05) is 11.8 Å². The van der Waals surface area contributed by atoms with Crippen molar-refractivity contribution in [2.45, 2.75) is 11.8 Å². The van der Waals surface area contributed by atoms with Crippen LogP contribution in [0.25, 0.3) is 0 Å². The van der Waals surface area contributed by atoms with E-state index in [1.165, 1.54) is 12.1 Å². The van der Waals surface area contributed by atoms with E-state index in [-0.39, 0.29) is 10.8 Å². The monoisotopic (exact) mass is 457 g/mol. The SMILES string of the molecule is C/C=C/C=C/C(=O)Nc1ccc(N2CCOCC2)c(S(=O)(=O)Nc2ccc(OC)cc2)c1. The number of nitrogens with one attached hydrogen (secondary N) is 2. The van der Waals surface area contributed by atoms with Crippen LogP contribution in [-0.2, 0) is 19.6 Å². The van der Waals surface area contributed by atoms with Crippen LogP contribution in [0.4, 0.5) is 17.1 Å². The number of morpholine rings is 1. The molecule has 1 amide bonds. The highest BCUT2D eigenvalue weighted by Gasteiger charge is 2.24. The highest BCUT2D eigenvalue weighted by molar-refractivity contribution is 7.92. The molecule has 8 nitrogen and oxygen atoms in total. The van der Waals surface area contributed by atoms with Crippen molar-refractivity contribution in [1.29, 1.82) is 0 Å². The molecule has 1 fully saturated rings. The molecule has 0 unspecified atom stereocenters. The van der Waals surface area contributed by atoms with Crippen molar-refractivity contribution in [2.24, 2.45) is 0 Å². The minimum atomic E-state index is -3.95. The summed E-state index contributed by atoms with van der Waals surface area (Å²) in [5.74, 6) is 0.270. The van der Waals surface area contributed by atoms with Crippen molar-refractivity contribution >= 4 is 33.0 Å². The largest absolute Gasteiger partial charge is 0.497 e. The molecular weight excluding hydrogens is 430 g/mol. The smallest absolute Gasteiger partial charge is 0.264 e. The third-order valence-electron chi connectivity index (χ3n) is 4.76. The van der Waals surface area contributed by atoms with E-state index in [1.54, 1.807) is 61.7 Å². The van der Waals surface area contributed by atoms with Crippen molar-refractivity contribution in [2.75, 3.05) is 48.4 Å². The van der Waals surface area contributed by atoms with Crippen LogP contribution in [0, 0.1) is 0 Å². The third kappa shape index (κ3) is 6.12. The summed E-state index contributed by atoms with van der Waals surface area (Å²) in [7, 11) is -2.40. The summed E-state index contributed by atoms with van der Waals surface area (Å²) in [5.41, 5.74) is 1.34. The molecule has 2 N–H and O–H groups in total. The first kappa shape index (κ1) is 23.4. The molecule has 0 aromatic heterocycles. The van der Waals surface area contributed by atoms with Gasteiger partial charge in [0.15, 0.2) is 0 Å². The average molecular weight is 458 g/mol. The summed E-state index contributed by atoms with van der Waals surface area (Å²) < 4.78 is 39.8. The summed E-state index contributed by atoms with van der Waals surface area (Å²) in [6.07, 6.45) is 6.52. The van der Waals surface area contributed by atoms with Gasteiger partial charge in [-0.25, -0.2) is 8.42 Å². The Hall–Kier alpha value is -3.30. The summed E-state index contributed by atoms with van der Waals surface area (Å²) in [6.45, 7) is 4.02. The molecule has 1 aliphatic heterocycles. The van der Waals surface area contributed by atoms with Crippen LogP contribution in [0.1, 0.15) is 6.92 Å². The minimum Gasteiger partial charge on any atom is -0.497 e. The third-order valence-corrected chi connectivity index (χ3v) is 6.17. The van der Waals surface area contributed by atoms with Crippen LogP contribution < -0.4 is 19.7 Å². The van der Waals surface area contributed by atoms with Crippen molar-refractivity contribution in [1.82, 2.24) is 0 Å². The van der Waals surface area contributed by atoms with Crippen LogP contribution in [-0.4, -0.2) is 47.7 Å². The molecule has 9 heteroatoms. The molecule has 170 valence electrons. The topological polar surface area (TPSA) is 97.0 Å². The van der Waals surface area contributed by atoms with Gasteiger partial charge in [-0.1, -0.05) is 18.2 Å². The van der Waals surface area contributed by atoms with Gasteiger partial charge in [-0.05, 0) is 49.4 Å². The first-order valence-corrected chi connectivity index (χ1v) is 11.7. The van der Waals surface area contributed by atoms with E-state index < -0.39 is 10.0 Å². The highest BCUT2D eigenvalue weighted by atomic mass is 32.2. The molecule has 0 bridgehead atoms. The molecule has 1 saturated heterocycles. The Labute approximate surface area is 188 Å². The number of amides is 1. The predicted molar refractivity (Wildman–Crippen MR) is 126 cm³/mol. The van der Waals surface area contributed by atoms with E-state index in [9.17, 15) is 13.2 Å². The molecule has 2 aromatic rings. The van der Waals surface area contributed by atoms with Crippen molar-refractivity contribution < 1.29 is 22.7 Å². The zero-order valence-corrected chi connectivity index (χ0v) is 18.9. The minimum absolute atomic E-state index is 0.0745. The molecule has 3 rings (SSSR count). The van der Waals surface area contributed by atoms with Gasteiger partial charge >= 0.3 is 0 Å². The Morgan fingerprint density at radius 2 is 1.75 bits per heavy atom. The van der Waals surface area contributed by atoms with Crippen LogP contribution in [0.15, 0.2) is 71.7 Å². The van der Waals surface area contributed by atoms with E-state index in [0.29, 0.717) is 49.1 Å². The maximum Gasteiger partial charge on any atom is 0.264 e. The lowest BCUT2D eigenvalue weighted by atomic mass is 10.2. The number of ether oxygens (including phenoxy) is 2. The molecule has 0 atom stereocenters. The van der Waals surface area contributed by atoms with Gasteiger partial charge in [-0.15, -0.1) is 0 Å². The van der Waals surface area contributed by atoms with Crippen molar-refractivity contribution in [3.63, 3.8) is 0 Å². The predicted octanol–water partition coefficient (Wildman–Crippen LogP) is 3.40. The zero-order valence-electron chi connectivity index (χ0n) is 18.1. The van der Waals surface area contributed by atoms with E-state index in [0.717, 1.165) is 0 Å². The molecule has 0 saturated carbocycles. The zero-order chi connectivity index (χ0) is 23.0. The second-order valence-corrected chi connectivity index (χ2v) is 8.64. The Balaban J connectivity index is 1.93. The summed E-state index contributed by atoms with van der Waals surface area (Å²) in [6, 6.07) is 11.5. The number of rotatable bonds is 8. The number of anilines is 3. The molecule has 0 radical (unpaired) electrons. The molecule has 0 aliphatic carbocycles. The molecule has 2 aromatic carbocycles. The van der Waals surface area contributed by atoms with Gasteiger partial charge in [0.05, 0.1) is 26.0 Å². The Morgan fingerprint density at radius 1 is 1.06 bits per heavy atom. The fourth-order valence-corrected chi connectivity index (χ4v) is 4.49. The number of hydrogen-bond donors (Lipinski definition) is 2. The van der Waals surface area contributed by atoms with Gasteiger partial charge in [-0.2, -0.15) is 0 Å². The summed E-state index contributed by atoms with van der Waals surface area (Å²) >= 11 is 0. The maximum atomic E-state index is 13.3. The number of allylic oxidation sites excluding steroid dienone is 3. The second-order valence-electron chi connectivity index (χ2n) is 6.99. The fourth-order valence-electron chi connectivity index (χ4n) is 3.18. The van der Waals surface area contributed by atoms with Gasteiger partial charge in [-0.3, -0.25) is 9.52 Å². The number of benzene rings is 2. The summed E-state index contributed by atoms with van der Waals surface area (Å²) in [5, 5.41) is 2.71. The molecule has 32 heavy (non-hydrogen) atoms. The fraction of sp³-hybridized carbons (Fsp3) is 0.261. The van der Waals surface area contributed by atoms with E-state index in [4.69, 9.17) is 9.47 Å². The first-order chi connectivity index (χ1) is 15.4. The molecule has 1 heterocycles. The lowest BCUT2D eigenvalue weighted by molar-refractivity contribution is -0.111. The second kappa shape index (κ2) is 10.8. The summed E-state index contributed by atoms with van der Waals surface area (Å²) in [4.78, 5) is 14.2. The Kier molecular flexibility index (Phi) is 7.91. The number of hydrogen-bond acceptors (Lipinski definition) is 6. The Bertz CT molecular complexity index is 1090. The molecule has 1 aliphatic rings. The van der Waals surface area contributed by atoms with Crippen LogP contribution in [0.3, 0.4) is 0 Å². The van der Waals surface area contributed by atoms with E-state index >= 15 is 0 Å². The van der Waals surface area contributed by atoms with Crippen LogP contribution in [0.2, 0.25) is 0 Å². The van der Waals surface area contributed by atoms with Crippen molar-refractivity contribution in [3.05, 3.63) is 66.8 Å². The van der Waals surface area contributed by atoms with Gasteiger partial charge in [0.2, 0.25) is 5.91 Å².